The van der Waals surface area contributed by atoms with Gasteiger partial charge >= 0.3 is 5.97 Å². The van der Waals surface area contributed by atoms with Crippen LogP contribution in [0.25, 0.3) is 22.5 Å². The Labute approximate surface area is 299 Å². The minimum absolute atomic E-state index is 0.141. The molecule has 0 radical (unpaired) electrons. The molecule has 1 amide bonds. The number of carbonyl (C=O) groups is 2. The fourth-order valence-electron chi connectivity index (χ4n) is 6.99. The molecule has 0 saturated carbocycles. The van der Waals surface area contributed by atoms with E-state index in [0.717, 1.165) is 51.8 Å². The van der Waals surface area contributed by atoms with Crippen LogP contribution in [0.15, 0.2) is 140 Å². The Bertz CT molecular complexity index is 1950. The number of hydrogen-bond acceptors (Lipinski definition) is 5. The Morgan fingerprint density at radius 1 is 0.725 bits per heavy atom. The molecule has 0 aliphatic heterocycles. The van der Waals surface area contributed by atoms with Crippen LogP contribution < -0.4 is 0 Å². The van der Waals surface area contributed by atoms with Gasteiger partial charge in [0.05, 0.1) is 0 Å². The number of aromatic nitrogens is 4. The van der Waals surface area contributed by atoms with Gasteiger partial charge in [0.15, 0.2) is 5.82 Å². The first-order valence-electron chi connectivity index (χ1n) is 17.5. The molecule has 6 rings (SSSR count). The molecule has 6 aromatic rings. The van der Waals surface area contributed by atoms with Crippen LogP contribution in [-0.2, 0) is 21.7 Å². The van der Waals surface area contributed by atoms with Gasteiger partial charge in [0.2, 0.25) is 5.91 Å². The third kappa shape index (κ3) is 7.08. The predicted octanol–water partition coefficient (Wildman–Crippen LogP) is 8.48. The van der Waals surface area contributed by atoms with E-state index in [-0.39, 0.29) is 18.4 Å². The number of carboxylic acids is 1. The van der Waals surface area contributed by atoms with Crippen molar-refractivity contribution in [3.05, 3.63) is 162 Å². The molecular formula is C43H43N5O3. The van der Waals surface area contributed by atoms with Gasteiger partial charge in [-0.05, 0) is 56.1 Å². The molecule has 1 heterocycles. The number of nitrogens with zero attached hydrogens (tertiary/aromatic N) is 5. The maximum absolute atomic E-state index is 13.3. The highest BCUT2D eigenvalue weighted by atomic mass is 16.4. The van der Waals surface area contributed by atoms with Gasteiger partial charge in [-0.25, -0.2) is 9.48 Å². The summed E-state index contributed by atoms with van der Waals surface area (Å²) < 4.78 is 1.93. The van der Waals surface area contributed by atoms with Crippen LogP contribution in [0.3, 0.4) is 0 Å². The topological polar surface area (TPSA) is 101 Å². The number of benzene rings is 5. The SMILES string of the molecule is CCCCC(=O)N(Cc1ccc(-c2ccccc2-c2nnnn2C(c2ccccc2)(c2ccccc2)c2ccccc2)cc1)[C@H](C(=O)O)C(C)C. The highest BCUT2D eigenvalue weighted by molar-refractivity contribution is 5.84. The van der Waals surface area contributed by atoms with E-state index in [1.54, 1.807) is 0 Å². The van der Waals surface area contributed by atoms with Crippen molar-refractivity contribution in [3.8, 4) is 22.5 Å². The molecule has 0 unspecified atom stereocenters. The first-order chi connectivity index (χ1) is 24.9. The van der Waals surface area contributed by atoms with Gasteiger partial charge in [0.1, 0.15) is 11.6 Å². The summed E-state index contributed by atoms with van der Waals surface area (Å²) in [6.07, 6.45) is 1.90. The van der Waals surface area contributed by atoms with Gasteiger partial charge in [-0.15, -0.1) is 5.10 Å². The maximum Gasteiger partial charge on any atom is 0.326 e. The molecular weight excluding hydrogens is 635 g/mol. The van der Waals surface area contributed by atoms with Gasteiger partial charge < -0.3 is 10.0 Å². The minimum Gasteiger partial charge on any atom is -0.480 e. The van der Waals surface area contributed by atoms with Crippen LogP contribution in [0.4, 0.5) is 0 Å². The fraction of sp³-hybridized carbons (Fsp3) is 0.233. The van der Waals surface area contributed by atoms with Crippen molar-refractivity contribution >= 4 is 11.9 Å². The summed E-state index contributed by atoms with van der Waals surface area (Å²) >= 11 is 0. The van der Waals surface area contributed by atoms with Gasteiger partial charge in [-0.3, -0.25) is 4.79 Å². The lowest BCUT2D eigenvalue weighted by Crippen LogP contribution is -2.47. The van der Waals surface area contributed by atoms with Gasteiger partial charge in [0.25, 0.3) is 0 Å². The maximum atomic E-state index is 13.3. The number of aliphatic carboxylic acids is 1. The largest absolute Gasteiger partial charge is 0.480 e. The van der Waals surface area contributed by atoms with E-state index >= 15 is 0 Å². The van der Waals surface area contributed by atoms with Crippen molar-refractivity contribution in [2.45, 2.75) is 58.2 Å². The average molecular weight is 678 g/mol. The quantitative estimate of drug-likeness (QED) is 0.116. The second kappa shape index (κ2) is 15.8. The molecule has 0 bridgehead atoms. The lowest BCUT2D eigenvalue weighted by atomic mass is 9.77. The number of amides is 1. The van der Waals surface area contributed by atoms with Crippen molar-refractivity contribution in [3.63, 3.8) is 0 Å². The van der Waals surface area contributed by atoms with E-state index < -0.39 is 17.6 Å². The Kier molecular flexibility index (Phi) is 10.8. The monoisotopic (exact) mass is 677 g/mol. The van der Waals surface area contributed by atoms with Gasteiger partial charge in [-0.1, -0.05) is 167 Å². The molecule has 0 fully saturated rings. The average Bonchev–Trinajstić information content (AvgIpc) is 3.65. The number of carbonyl (C=O) groups excluding carboxylic acids is 1. The van der Waals surface area contributed by atoms with E-state index in [2.05, 4.69) is 52.8 Å². The normalized spacial score (nSPS) is 12.1. The molecule has 1 atom stereocenters. The zero-order valence-electron chi connectivity index (χ0n) is 29.3. The predicted molar refractivity (Wildman–Crippen MR) is 200 cm³/mol. The Morgan fingerprint density at radius 3 is 1.73 bits per heavy atom. The van der Waals surface area contributed by atoms with Crippen molar-refractivity contribution < 1.29 is 14.7 Å². The molecule has 0 spiro atoms. The smallest absolute Gasteiger partial charge is 0.326 e. The third-order valence-corrected chi connectivity index (χ3v) is 9.43. The molecule has 258 valence electrons. The number of rotatable bonds is 14. The minimum atomic E-state index is -0.990. The zero-order chi connectivity index (χ0) is 35.8. The molecule has 8 heteroatoms. The van der Waals surface area contributed by atoms with Crippen LogP contribution in [0.5, 0.6) is 0 Å². The van der Waals surface area contributed by atoms with Crippen molar-refractivity contribution in [2.75, 3.05) is 0 Å². The van der Waals surface area contributed by atoms with Crippen molar-refractivity contribution in [2.24, 2.45) is 5.92 Å². The van der Waals surface area contributed by atoms with E-state index in [1.807, 2.05) is 123 Å². The highest BCUT2D eigenvalue weighted by Crippen LogP contribution is 2.43. The summed E-state index contributed by atoms with van der Waals surface area (Å²) in [5.74, 6) is -0.770. The Balaban J connectivity index is 1.45. The van der Waals surface area contributed by atoms with Crippen LogP contribution >= 0.6 is 0 Å². The molecule has 0 saturated heterocycles. The van der Waals surface area contributed by atoms with E-state index in [4.69, 9.17) is 5.21 Å². The summed E-state index contributed by atoms with van der Waals surface area (Å²) in [5.41, 5.74) is 5.72. The van der Waals surface area contributed by atoms with Gasteiger partial charge in [0, 0.05) is 18.5 Å². The lowest BCUT2D eigenvalue weighted by Gasteiger charge is -2.36. The summed E-state index contributed by atoms with van der Waals surface area (Å²) in [6.45, 7) is 5.92. The van der Waals surface area contributed by atoms with Crippen LogP contribution in [-0.4, -0.2) is 48.1 Å². The first kappa shape index (κ1) is 35.0. The first-order valence-corrected chi connectivity index (χ1v) is 17.5. The summed E-state index contributed by atoms with van der Waals surface area (Å²) in [5, 5.41) is 23.7. The molecule has 5 aromatic carbocycles. The number of hydrogen-bond donors (Lipinski definition) is 1. The van der Waals surface area contributed by atoms with E-state index in [0.29, 0.717) is 12.2 Å². The molecule has 1 aromatic heterocycles. The Hall–Kier alpha value is -5.89. The standard InChI is InChI=1S/C43H43N5O3/c1-4-5-25-39(49)47(40(31(2)3)42(50)51)30-32-26-28-33(29-27-32)37-23-15-16-24-38(37)41-44-45-46-48(41)43(34-17-9-6-10-18-34,35-19-11-7-12-20-35)36-21-13-8-14-22-36/h6-24,26-29,31,40H,4-5,25,30H2,1-3H3,(H,50,51)/t40-/m0/s1. The number of unbranched alkanes of at least 4 members (excludes halogenated alkanes) is 1. The molecule has 51 heavy (non-hydrogen) atoms. The molecule has 0 aliphatic rings. The summed E-state index contributed by atoms with van der Waals surface area (Å²) in [4.78, 5) is 27.1. The van der Waals surface area contributed by atoms with Crippen molar-refractivity contribution in [1.29, 1.82) is 0 Å². The van der Waals surface area contributed by atoms with E-state index in [1.165, 1.54) is 4.90 Å². The zero-order valence-corrected chi connectivity index (χ0v) is 29.3. The van der Waals surface area contributed by atoms with E-state index in [9.17, 15) is 14.7 Å². The third-order valence-electron chi connectivity index (χ3n) is 9.43. The number of carboxylic acid groups (broad SMARTS) is 1. The number of tetrazole rings is 1. The van der Waals surface area contributed by atoms with Crippen molar-refractivity contribution in [1.82, 2.24) is 25.1 Å². The second-order valence-corrected chi connectivity index (χ2v) is 13.1. The molecule has 1 N–H and O–H groups in total. The van der Waals surface area contributed by atoms with Crippen LogP contribution in [0.2, 0.25) is 0 Å². The molecule has 8 nitrogen and oxygen atoms in total. The summed E-state index contributed by atoms with van der Waals surface area (Å²) in [6, 6.07) is 46.0. The molecule has 0 aliphatic carbocycles. The Morgan fingerprint density at radius 2 is 1.24 bits per heavy atom. The highest BCUT2D eigenvalue weighted by Gasteiger charge is 2.42. The second-order valence-electron chi connectivity index (χ2n) is 13.1. The summed E-state index contributed by atoms with van der Waals surface area (Å²) in [7, 11) is 0. The fourth-order valence-corrected chi connectivity index (χ4v) is 6.99. The van der Waals surface area contributed by atoms with Crippen LogP contribution in [0.1, 0.15) is 62.3 Å². The van der Waals surface area contributed by atoms with Gasteiger partial charge in [-0.2, -0.15) is 0 Å². The lowest BCUT2D eigenvalue weighted by molar-refractivity contribution is -0.153. The van der Waals surface area contributed by atoms with Crippen LogP contribution in [0, 0.1) is 5.92 Å².